The van der Waals surface area contributed by atoms with Crippen LogP contribution in [0.4, 0.5) is 0 Å². The average molecular weight is 339 g/mol. The van der Waals surface area contributed by atoms with Gasteiger partial charge in [-0.1, -0.05) is 29.3 Å². The molecular formula is C16H16Cl2N2O2. The first-order valence-corrected chi connectivity index (χ1v) is 7.43. The zero-order valence-electron chi connectivity index (χ0n) is 12.3. The van der Waals surface area contributed by atoms with Crippen LogP contribution in [0.2, 0.25) is 10.0 Å². The van der Waals surface area contributed by atoms with Crippen molar-refractivity contribution in [2.45, 2.75) is 19.4 Å². The Labute approximate surface area is 139 Å². The minimum absolute atomic E-state index is 0.134. The van der Waals surface area contributed by atoms with E-state index in [0.717, 1.165) is 5.56 Å². The van der Waals surface area contributed by atoms with Gasteiger partial charge in [0, 0.05) is 17.4 Å². The Kier molecular flexibility index (Phi) is 5.27. The highest BCUT2D eigenvalue weighted by atomic mass is 35.5. The van der Waals surface area contributed by atoms with Gasteiger partial charge in [-0.05, 0) is 43.7 Å². The molecule has 0 saturated carbocycles. The molecule has 116 valence electrons. The molecule has 0 aliphatic rings. The van der Waals surface area contributed by atoms with Crippen LogP contribution in [0, 0.1) is 0 Å². The predicted molar refractivity (Wildman–Crippen MR) is 87.4 cm³/mol. The number of aromatic nitrogens is 1. The third-order valence-electron chi connectivity index (χ3n) is 3.09. The van der Waals surface area contributed by atoms with Crippen LogP contribution in [0.5, 0.6) is 5.75 Å². The van der Waals surface area contributed by atoms with Crippen LogP contribution >= 0.6 is 23.2 Å². The quantitative estimate of drug-likeness (QED) is 0.901. The van der Waals surface area contributed by atoms with E-state index in [0.29, 0.717) is 15.8 Å². The van der Waals surface area contributed by atoms with Crippen LogP contribution in [-0.4, -0.2) is 17.5 Å². The number of amides is 1. The van der Waals surface area contributed by atoms with Crippen molar-refractivity contribution in [2.75, 3.05) is 6.61 Å². The third-order valence-corrected chi connectivity index (χ3v) is 3.62. The van der Waals surface area contributed by atoms with Crippen LogP contribution in [-0.2, 0) is 10.3 Å². The minimum Gasteiger partial charge on any atom is -0.482 e. The van der Waals surface area contributed by atoms with Gasteiger partial charge in [0.1, 0.15) is 5.75 Å². The highest BCUT2D eigenvalue weighted by Crippen LogP contribution is 2.27. The Morgan fingerprint density at radius 1 is 1.32 bits per heavy atom. The van der Waals surface area contributed by atoms with Crippen LogP contribution in [0.1, 0.15) is 19.4 Å². The maximum Gasteiger partial charge on any atom is 0.258 e. The molecule has 0 spiro atoms. The molecule has 0 saturated heterocycles. The lowest BCUT2D eigenvalue weighted by Crippen LogP contribution is -2.43. The molecule has 2 rings (SSSR count). The molecule has 1 heterocycles. The van der Waals surface area contributed by atoms with Crippen LogP contribution in [0.15, 0.2) is 42.7 Å². The molecule has 0 unspecified atom stereocenters. The van der Waals surface area contributed by atoms with Gasteiger partial charge in [0.25, 0.3) is 5.91 Å². The van der Waals surface area contributed by atoms with Crippen molar-refractivity contribution < 1.29 is 9.53 Å². The Balaban J connectivity index is 1.95. The number of carbonyl (C=O) groups is 1. The van der Waals surface area contributed by atoms with E-state index in [2.05, 4.69) is 10.3 Å². The van der Waals surface area contributed by atoms with Gasteiger partial charge in [-0.15, -0.1) is 0 Å². The number of pyridine rings is 1. The molecule has 0 bridgehead atoms. The first-order chi connectivity index (χ1) is 10.4. The molecule has 1 aromatic carbocycles. The zero-order chi connectivity index (χ0) is 16.2. The third kappa shape index (κ3) is 4.36. The second-order valence-electron chi connectivity index (χ2n) is 5.28. The van der Waals surface area contributed by atoms with Crippen molar-refractivity contribution in [1.29, 1.82) is 0 Å². The average Bonchev–Trinajstić information content (AvgIpc) is 2.47. The lowest BCUT2D eigenvalue weighted by molar-refractivity contribution is -0.124. The molecular weight excluding hydrogens is 323 g/mol. The number of nitrogens with one attached hydrogen (secondary N) is 1. The Morgan fingerprint density at radius 3 is 2.73 bits per heavy atom. The van der Waals surface area contributed by atoms with E-state index in [9.17, 15) is 4.79 Å². The monoisotopic (exact) mass is 338 g/mol. The van der Waals surface area contributed by atoms with Gasteiger partial charge in [-0.25, -0.2) is 0 Å². The van der Waals surface area contributed by atoms with Gasteiger partial charge in [0.05, 0.1) is 10.6 Å². The largest absolute Gasteiger partial charge is 0.482 e. The number of hydrogen-bond donors (Lipinski definition) is 1. The molecule has 2 aromatic rings. The van der Waals surface area contributed by atoms with Gasteiger partial charge in [0.15, 0.2) is 6.61 Å². The summed E-state index contributed by atoms with van der Waals surface area (Å²) in [5, 5.41) is 3.78. The molecule has 0 atom stereocenters. The normalized spacial score (nSPS) is 11.1. The molecule has 22 heavy (non-hydrogen) atoms. The molecule has 0 aliphatic heterocycles. The van der Waals surface area contributed by atoms with E-state index in [1.54, 1.807) is 30.6 Å². The van der Waals surface area contributed by atoms with Crippen molar-refractivity contribution in [3.8, 4) is 5.75 Å². The number of rotatable bonds is 5. The van der Waals surface area contributed by atoms with Crippen molar-refractivity contribution in [2.24, 2.45) is 0 Å². The number of carbonyl (C=O) groups excluding carboxylic acids is 1. The fraction of sp³-hybridized carbons (Fsp3) is 0.250. The maximum atomic E-state index is 12.1. The second kappa shape index (κ2) is 6.99. The van der Waals surface area contributed by atoms with E-state index < -0.39 is 5.54 Å². The lowest BCUT2D eigenvalue weighted by atomic mass is 9.96. The number of hydrogen-bond acceptors (Lipinski definition) is 3. The summed E-state index contributed by atoms with van der Waals surface area (Å²) in [5.41, 5.74) is 0.367. The molecule has 0 radical (unpaired) electrons. The first-order valence-electron chi connectivity index (χ1n) is 6.68. The molecule has 1 N–H and O–H groups in total. The second-order valence-corrected chi connectivity index (χ2v) is 6.12. The lowest BCUT2D eigenvalue weighted by Gasteiger charge is -2.26. The van der Waals surface area contributed by atoms with Crippen molar-refractivity contribution in [1.82, 2.24) is 10.3 Å². The van der Waals surface area contributed by atoms with Crippen LogP contribution in [0.3, 0.4) is 0 Å². The van der Waals surface area contributed by atoms with Gasteiger partial charge >= 0.3 is 0 Å². The van der Waals surface area contributed by atoms with Gasteiger partial charge in [-0.2, -0.15) is 0 Å². The highest BCUT2D eigenvalue weighted by molar-refractivity contribution is 6.35. The summed E-state index contributed by atoms with van der Waals surface area (Å²) in [6, 6.07) is 8.58. The fourth-order valence-corrected chi connectivity index (χ4v) is 2.39. The van der Waals surface area contributed by atoms with Gasteiger partial charge in [0.2, 0.25) is 0 Å². The molecule has 1 amide bonds. The topological polar surface area (TPSA) is 51.2 Å². The summed E-state index contributed by atoms with van der Waals surface area (Å²) in [4.78, 5) is 16.1. The molecule has 0 aliphatic carbocycles. The predicted octanol–water partition coefficient (Wildman–Crippen LogP) is 3.82. The molecule has 1 aromatic heterocycles. The fourth-order valence-electron chi connectivity index (χ4n) is 1.92. The summed E-state index contributed by atoms with van der Waals surface area (Å²) in [7, 11) is 0. The van der Waals surface area contributed by atoms with Crippen LogP contribution in [0.25, 0.3) is 0 Å². The Bertz CT molecular complexity index is 660. The Morgan fingerprint density at radius 2 is 2.09 bits per heavy atom. The van der Waals surface area contributed by atoms with Gasteiger partial charge in [-0.3, -0.25) is 9.78 Å². The number of benzene rings is 1. The standard InChI is InChI=1S/C16H16Cl2N2O2/c1-16(2,11-4-3-7-19-9-11)20-15(21)10-22-14-6-5-12(17)8-13(14)18/h3-9H,10H2,1-2H3,(H,20,21). The van der Waals surface area contributed by atoms with Crippen LogP contribution < -0.4 is 10.1 Å². The molecule has 4 nitrogen and oxygen atoms in total. The van der Waals surface area contributed by atoms with E-state index in [4.69, 9.17) is 27.9 Å². The van der Waals surface area contributed by atoms with Gasteiger partial charge < -0.3 is 10.1 Å². The summed E-state index contributed by atoms with van der Waals surface area (Å²) >= 11 is 11.8. The van der Waals surface area contributed by atoms with E-state index >= 15 is 0 Å². The van der Waals surface area contributed by atoms with Crippen molar-refractivity contribution in [3.63, 3.8) is 0 Å². The smallest absolute Gasteiger partial charge is 0.258 e. The minimum atomic E-state index is -0.543. The molecule has 0 fully saturated rings. The maximum absolute atomic E-state index is 12.1. The number of ether oxygens (including phenoxy) is 1. The van der Waals surface area contributed by atoms with E-state index in [-0.39, 0.29) is 12.5 Å². The van der Waals surface area contributed by atoms with E-state index in [1.165, 1.54) is 0 Å². The summed E-state index contributed by atoms with van der Waals surface area (Å²) in [5.74, 6) is 0.167. The molecule has 6 heteroatoms. The van der Waals surface area contributed by atoms with E-state index in [1.807, 2.05) is 26.0 Å². The summed E-state index contributed by atoms with van der Waals surface area (Å²) < 4.78 is 5.42. The van der Waals surface area contributed by atoms with Crippen molar-refractivity contribution >= 4 is 29.1 Å². The van der Waals surface area contributed by atoms with Crippen molar-refractivity contribution in [3.05, 3.63) is 58.3 Å². The number of nitrogens with zero attached hydrogens (tertiary/aromatic N) is 1. The summed E-state index contributed by atoms with van der Waals surface area (Å²) in [6.45, 7) is 3.67. The summed E-state index contributed by atoms with van der Waals surface area (Å²) in [6.07, 6.45) is 3.41. The number of halogens is 2. The Hall–Kier alpha value is -1.78. The zero-order valence-corrected chi connectivity index (χ0v) is 13.8. The SMILES string of the molecule is CC(C)(NC(=O)COc1ccc(Cl)cc1Cl)c1cccnc1. The highest BCUT2D eigenvalue weighted by Gasteiger charge is 2.23. The first kappa shape index (κ1) is 16.6.